The summed E-state index contributed by atoms with van der Waals surface area (Å²) in [6.07, 6.45) is 8.25. The number of rotatable bonds is 4. The van der Waals surface area contributed by atoms with E-state index in [4.69, 9.17) is 0 Å². The third-order valence-electron chi connectivity index (χ3n) is 7.92. The third-order valence-corrected chi connectivity index (χ3v) is 7.92. The van der Waals surface area contributed by atoms with Gasteiger partial charge in [-0.15, -0.1) is 0 Å². The third kappa shape index (κ3) is 4.56. The molecule has 1 aromatic carbocycles. The average Bonchev–Trinajstić information content (AvgIpc) is 2.76. The molecule has 3 aliphatic rings. The van der Waals surface area contributed by atoms with Crippen molar-refractivity contribution in [2.24, 2.45) is 5.92 Å². The van der Waals surface area contributed by atoms with Crippen molar-refractivity contribution in [3.63, 3.8) is 0 Å². The van der Waals surface area contributed by atoms with Crippen molar-refractivity contribution in [2.45, 2.75) is 70.3 Å². The summed E-state index contributed by atoms with van der Waals surface area (Å²) in [5.74, 6) is 1.06. The first-order chi connectivity index (χ1) is 14.5. The van der Waals surface area contributed by atoms with E-state index < -0.39 is 0 Å². The van der Waals surface area contributed by atoms with Crippen molar-refractivity contribution in [3.05, 3.63) is 35.4 Å². The van der Waals surface area contributed by atoms with E-state index in [2.05, 4.69) is 34.5 Å². The van der Waals surface area contributed by atoms with Crippen LogP contribution in [0.1, 0.15) is 76.0 Å². The number of likely N-dealkylation sites (tertiary alicyclic amines) is 2. The molecule has 2 amide bonds. The van der Waals surface area contributed by atoms with Crippen molar-refractivity contribution >= 4 is 11.8 Å². The van der Waals surface area contributed by atoms with Gasteiger partial charge in [-0.2, -0.15) is 0 Å². The van der Waals surface area contributed by atoms with E-state index in [1.165, 1.54) is 56.4 Å². The summed E-state index contributed by atoms with van der Waals surface area (Å²) < 4.78 is 0. The topological polar surface area (TPSA) is 52.7 Å². The fourth-order valence-electron chi connectivity index (χ4n) is 6.02. The lowest BCUT2D eigenvalue weighted by atomic mass is 9.63. The molecular formula is C25H37N3O2. The number of hydrogen-bond donors (Lipinski definition) is 1. The van der Waals surface area contributed by atoms with E-state index in [0.29, 0.717) is 0 Å². The molecule has 2 fully saturated rings. The Morgan fingerprint density at radius 1 is 1.00 bits per heavy atom. The van der Waals surface area contributed by atoms with Crippen molar-refractivity contribution in [1.82, 2.24) is 15.1 Å². The van der Waals surface area contributed by atoms with Crippen LogP contribution in [-0.4, -0.2) is 54.3 Å². The summed E-state index contributed by atoms with van der Waals surface area (Å²) in [5, 5.41) is 3.16. The monoisotopic (exact) mass is 411 g/mol. The molecular weight excluding hydrogens is 374 g/mol. The lowest BCUT2D eigenvalue weighted by Gasteiger charge is -2.47. The van der Waals surface area contributed by atoms with E-state index in [1.54, 1.807) is 13.8 Å². The van der Waals surface area contributed by atoms with Gasteiger partial charge in [0, 0.05) is 26.9 Å². The van der Waals surface area contributed by atoms with Gasteiger partial charge in [-0.05, 0) is 87.0 Å². The van der Waals surface area contributed by atoms with Gasteiger partial charge in [-0.25, -0.2) is 0 Å². The molecule has 1 atom stereocenters. The summed E-state index contributed by atoms with van der Waals surface area (Å²) >= 11 is 0. The van der Waals surface area contributed by atoms with E-state index in [9.17, 15) is 9.59 Å². The molecule has 0 saturated carbocycles. The molecule has 0 radical (unpaired) electrons. The SMILES string of the molecule is CC(=O)NC1CCC2(CCN(CCC3CCN(C(C)=O)CC3)CC2)c2ccccc21. The van der Waals surface area contributed by atoms with Crippen LogP contribution >= 0.6 is 0 Å². The van der Waals surface area contributed by atoms with Crippen LogP contribution in [-0.2, 0) is 15.0 Å². The van der Waals surface area contributed by atoms with Gasteiger partial charge >= 0.3 is 0 Å². The smallest absolute Gasteiger partial charge is 0.219 e. The van der Waals surface area contributed by atoms with Crippen LogP contribution in [0.3, 0.4) is 0 Å². The number of hydrogen-bond acceptors (Lipinski definition) is 3. The van der Waals surface area contributed by atoms with E-state index in [0.717, 1.165) is 38.3 Å². The maximum atomic E-state index is 11.6. The molecule has 5 heteroatoms. The normalized spacial score (nSPS) is 24.5. The second-order valence-electron chi connectivity index (χ2n) is 9.74. The van der Waals surface area contributed by atoms with Crippen molar-refractivity contribution in [2.75, 3.05) is 32.7 Å². The van der Waals surface area contributed by atoms with Crippen LogP contribution in [0.25, 0.3) is 0 Å². The second kappa shape index (κ2) is 9.09. The molecule has 4 rings (SSSR count). The molecule has 0 aromatic heterocycles. The maximum absolute atomic E-state index is 11.6. The average molecular weight is 412 g/mol. The molecule has 1 spiro atoms. The minimum Gasteiger partial charge on any atom is -0.350 e. The first kappa shape index (κ1) is 21.4. The number of nitrogens with one attached hydrogen (secondary N) is 1. The highest BCUT2D eigenvalue weighted by atomic mass is 16.2. The van der Waals surface area contributed by atoms with Crippen LogP contribution in [0.4, 0.5) is 0 Å². The minimum absolute atomic E-state index is 0.0645. The van der Waals surface area contributed by atoms with Crippen molar-refractivity contribution < 1.29 is 9.59 Å². The van der Waals surface area contributed by atoms with Gasteiger partial charge in [0.25, 0.3) is 0 Å². The second-order valence-corrected chi connectivity index (χ2v) is 9.74. The highest BCUT2D eigenvalue weighted by molar-refractivity contribution is 5.73. The summed E-state index contributed by atoms with van der Waals surface area (Å²) in [5.41, 5.74) is 3.10. The predicted molar refractivity (Wildman–Crippen MR) is 119 cm³/mol. The van der Waals surface area contributed by atoms with Crippen molar-refractivity contribution in [1.29, 1.82) is 0 Å². The van der Waals surface area contributed by atoms with Crippen LogP contribution in [0.2, 0.25) is 0 Å². The Kier molecular flexibility index (Phi) is 6.47. The summed E-state index contributed by atoms with van der Waals surface area (Å²) in [4.78, 5) is 27.8. The number of carbonyl (C=O) groups is 2. The molecule has 2 aliphatic heterocycles. The quantitative estimate of drug-likeness (QED) is 0.823. The highest BCUT2D eigenvalue weighted by Crippen LogP contribution is 2.47. The van der Waals surface area contributed by atoms with Crippen LogP contribution in [0, 0.1) is 5.92 Å². The molecule has 1 aliphatic carbocycles. The highest BCUT2D eigenvalue weighted by Gasteiger charge is 2.41. The van der Waals surface area contributed by atoms with Crippen LogP contribution in [0.15, 0.2) is 24.3 Å². The minimum atomic E-state index is 0.0645. The molecule has 2 heterocycles. The van der Waals surface area contributed by atoms with E-state index in [1.807, 2.05) is 4.90 Å². The van der Waals surface area contributed by atoms with E-state index >= 15 is 0 Å². The van der Waals surface area contributed by atoms with Crippen LogP contribution < -0.4 is 5.32 Å². The van der Waals surface area contributed by atoms with Crippen molar-refractivity contribution in [3.8, 4) is 0 Å². The predicted octanol–water partition coefficient (Wildman–Crippen LogP) is 3.64. The molecule has 2 saturated heterocycles. The molecule has 5 nitrogen and oxygen atoms in total. The number of fused-ring (bicyclic) bond motifs is 2. The lowest BCUT2D eigenvalue weighted by molar-refractivity contribution is -0.130. The first-order valence-electron chi connectivity index (χ1n) is 11.8. The zero-order chi connectivity index (χ0) is 21.1. The molecule has 1 unspecified atom stereocenters. The van der Waals surface area contributed by atoms with E-state index in [-0.39, 0.29) is 23.3 Å². The summed E-state index contributed by atoms with van der Waals surface area (Å²) in [7, 11) is 0. The Bertz CT molecular complexity index is 761. The molecule has 164 valence electrons. The number of benzene rings is 1. The Morgan fingerprint density at radius 3 is 2.37 bits per heavy atom. The van der Waals surface area contributed by atoms with Gasteiger partial charge in [-0.3, -0.25) is 9.59 Å². The first-order valence-corrected chi connectivity index (χ1v) is 11.8. The lowest BCUT2D eigenvalue weighted by Crippen LogP contribution is -2.46. The summed E-state index contributed by atoms with van der Waals surface area (Å²) in [6.45, 7) is 8.72. The molecule has 0 bridgehead atoms. The van der Waals surface area contributed by atoms with Crippen LogP contribution in [0.5, 0.6) is 0 Å². The number of amides is 2. The number of carbonyl (C=O) groups excluding carboxylic acids is 2. The fraction of sp³-hybridized carbons (Fsp3) is 0.680. The number of piperidine rings is 2. The standard InChI is InChI=1S/C25H37N3O2/c1-19(29)26-24-7-11-25(23-6-4-3-5-22(23)24)12-17-27(18-13-25)14-8-21-9-15-28(16-10-21)20(2)30/h3-6,21,24H,7-18H2,1-2H3,(H,26,29). The fourth-order valence-corrected chi connectivity index (χ4v) is 6.02. The number of nitrogens with zero attached hydrogens (tertiary/aromatic N) is 2. The maximum Gasteiger partial charge on any atom is 0.219 e. The Hall–Kier alpha value is -1.88. The Labute approximate surface area is 181 Å². The molecule has 1 N–H and O–H groups in total. The molecule has 30 heavy (non-hydrogen) atoms. The van der Waals surface area contributed by atoms with Gasteiger partial charge in [0.2, 0.25) is 11.8 Å². The van der Waals surface area contributed by atoms with Gasteiger partial charge in [0.1, 0.15) is 0 Å². The Morgan fingerprint density at radius 2 is 1.70 bits per heavy atom. The Balaban J connectivity index is 1.32. The largest absolute Gasteiger partial charge is 0.350 e. The van der Waals surface area contributed by atoms with Gasteiger partial charge in [0.15, 0.2) is 0 Å². The van der Waals surface area contributed by atoms with Gasteiger partial charge in [-0.1, -0.05) is 24.3 Å². The zero-order valence-corrected chi connectivity index (χ0v) is 18.7. The zero-order valence-electron chi connectivity index (χ0n) is 18.7. The van der Waals surface area contributed by atoms with Gasteiger partial charge < -0.3 is 15.1 Å². The summed E-state index contributed by atoms with van der Waals surface area (Å²) in [6, 6.07) is 8.97. The molecule has 1 aromatic rings. The van der Waals surface area contributed by atoms with Gasteiger partial charge in [0.05, 0.1) is 6.04 Å².